The molecule has 0 saturated heterocycles. The molecule has 158 valence electrons. The van der Waals surface area contributed by atoms with Crippen LogP contribution in [0, 0.1) is 12.8 Å². The average Bonchev–Trinajstić information content (AvgIpc) is 3.03. The van der Waals surface area contributed by atoms with Gasteiger partial charge in [0.1, 0.15) is 6.04 Å². The van der Waals surface area contributed by atoms with Crippen LogP contribution in [-0.4, -0.2) is 35.5 Å². The molecule has 1 N–H and O–H groups in total. The first kappa shape index (κ1) is 22.7. The molecule has 1 fully saturated rings. The molecular weight excluding hydrogens is 389 g/mol. The molecule has 1 aliphatic carbocycles. The second-order valence-electron chi connectivity index (χ2n) is 7.87. The molecular formula is C20H29F3N2O2S. The highest BCUT2D eigenvalue weighted by atomic mass is 32.1. The van der Waals surface area contributed by atoms with Crippen molar-refractivity contribution in [3.8, 4) is 0 Å². The maximum atomic E-state index is 13.3. The summed E-state index contributed by atoms with van der Waals surface area (Å²) in [5, 5.41) is 2.91. The summed E-state index contributed by atoms with van der Waals surface area (Å²) in [6.45, 7) is 5.47. The first-order valence-electron chi connectivity index (χ1n) is 9.84. The van der Waals surface area contributed by atoms with Crippen LogP contribution in [0.2, 0.25) is 0 Å². The minimum absolute atomic E-state index is 0.0438. The fourth-order valence-electron chi connectivity index (χ4n) is 3.46. The lowest BCUT2D eigenvalue weighted by Gasteiger charge is -2.33. The van der Waals surface area contributed by atoms with E-state index in [0.29, 0.717) is 16.2 Å². The van der Waals surface area contributed by atoms with Crippen LogP contribution in [0.3, 0.4) is 0 Å². The van der Waals surface area contributed by atoms with Gasteiger partial charge in [0.25, 0.3) is 0 Å². The minimum atomic E-state index is -5.02. The monoisotopic (exact) mass is 418 g/mol. The van der Waals surface area contributed by atoms with E-state index in [2.05, 4.69) is 5.32 Å². The molecule has 2 rings (SSSR count). The third-order valence-electron chi connectivity index (χ3n) is 4.99. The molecule has 0 radical (unpaired) electrons. The van der Waals surface area contributed by atoms with E-state index in [-0.39, 0.29) is 18.5 Å². The lowest BCUT2D eigenvalue weighted by molar-refractivity contribution is -0.188. The van der Waals surface area contributed by atoms with Gasteiger partial charge in [-0.3, -0.25) is 9.59 Å². The van der Waals surface area contributed by atoms with Gasteiger partial charge in [-0.2, -0.15) is 13.2 Å². The summed E-state index contributed by atoms with van der Waals surface area (Å²) in [6, 6.07) is 2.11. The third kappa shape index (κ3) is 6.22. The fourth-order valence-corrected chi connectivity index (χ4v) is 4.45. The van der Waals surface area contributed by atoms with E-state index in [9.17, 15) is 22.8 Å². The molecule has 28 heavy (non-hydrogen) atoms. The van der Waals surface area contributed by atoms with E-state index < -0.39 is 24.0 Å². The van der Waals surface area contributed by atoms with Crippen LogP contribution in [-0.2, 0) is 9.59 Å². The van der Waals surface area contributed by atoms with E-state index in [4.69, 9.17) is 0 Å². The Morgan fingerprint density at radius 1 is 1.21 bits per heavy atom. The quantitative estimate of drug-likeness (QED) is 0.679. The van der Waals surface area contributed by atoms with Gasteiger partial charge >= 0.3 is 12.1 Å². The Hall–Kier alpha value is -1.57. The number of hydrogen-bond donors (Lipinski definition) is 1. The number of thiophene rings is 1. The molecule has 1 aromatic heterocycles. The Morgan fingerprint density at radius 2 is 1.86 bits per heavy atom. The van der Waals surface area contributed by atoms with Crippen molar-refractivity contribution >= 4 is 23.2 Å². The summed E-state index contributed by atoms with van der Waals surface area (Å²) in [7, 11) is 0. The molecule has 0 bridgehead atoms. The van der Waals surface area contributed by atoms with Crippen molar-refractivity contribution in [1.82, 2.24) is 10.2 Å². The molecule has 8 heteroatoms. The predicted molar refractivity (Wildman–Crippen MR) is 104 cm³/mol. The van der Waals surface area contributed by atoms with Crippen LogP contribution in [0.4, 0.5) is 13.2 Å². The van der Waals surface area contributed by atoms with Gasteiger partial charge in [0.05, 0.1) is 0 Å². The van der Waals surface area contributed by atoms with Crippen LogP contribution >= 0.6 is 11.3 Å². The Bertz CT molecular complexity index is 667. The topological polar surface area (TPSA) is 49.4 Å². The Balaban J connectivity index is 2.34. The average molecular weight is 419 g/mol. The number of carbonyl (C=O) groups is 2. The standard InChI is InChI=1S/C20H29F3N2O2S/c1-13(2)11-12-25(19(27)20(21,22)23)17(16-10-9-14(3)28-16)18(26)24-15-7-5-4-6-8-15/h9-10,13,15,17H,4-8,11-12H2,1-3H3,(H,24,26)/t17-/m0/s1. The number of alkyl halides is 3. The van der Waals surface area contributed by atoms with Crippen molar-refractivity contribution in [3.05, 3.63) is 21.9 Å². The smallest absolute Gasteiger partial charge is 0.351 e. The number of hydrogen-bond acceptors (Lipinski definition) is 3. The van der Waals surface area contributed by atoms with Crippen molar-refractivity contribution in [2.24, 2.45) is 5.92 Å². The molecule has 1 aromatic rings. The van der Waals surface area contributed by atoms with Gasteiger partial charge in [0.2, 0.25) is 5.91 Å². The number of amides is 2. The van der Waals surface area contributed by atoms with Gasteiger partial charge in [-0.15, -0.1) is 11.3 Å². The number of halogens is 3. The molecule has 4 nitrogen and oxygen atoms in total. The third-order valence-corrected chi connectivity index (χ3v) is 6.05. The maximum absolute atomic E-state index is 13.3. The van der Waals surface area contributed by atoms with Gasteiger partial charge in [-0.25, -0.2) is 0 Å². The largest absolute Gasteiger partial charge is 0.471 e. The van der Waals surface area contributed by atoms with Gasteiger partial charge in [-0.1, -0.05) is 33.1 Å². The number of aryl methyl sites for hydroxylation is 1. The second-order valence-corrected chi connectivity index (χ2v) is 9.19. The lowest BCUT2D eigenvalue weighted by atomic mass is 9.95. The molecule has 0 spiro atoms. The first-order valence-corrected chi connectivity index (χ1v) is 10.7. The van der Waals surface area contributed by atoms with E-state index in [1.54, 1.807) is 12.1 Å². The van der Waals surface area contributed by atoms with Crippen LogP contribution in [0.25, 0.3) is 0 Å². The first-order chi connectivity index (χ1) is 13.1. The van der Waals surface area contributed by atoms with Gasteiger partial charge in [0.15, 0.2) is 0 Å². The summed E-state index contributed by atoms with van der Waals surface area (Å²) in [4.78, 5) is 27.4. The lowest BCUT2D eigenvalue weighted by Crippen LogP contribution is -2.50. The highest BCUT2D eigenvalue weighted by Gasteiger charge is 2.47. The zero-order chi connectivity index (χ0) is 20.9. The van der Waals surface area contributed by atoms with E-state index in [1.165, 1.54) is 11.3 Å². The maximum Gasteiger partial charge on any atom is 0.471 e. The molecule has 1 heterocycles. The normalized spacial score (nSPS) is 16.8. The Morgan fingerprint density at radius 3 is 2.36 bits per heavy atom. The zero-order valence-electron chi connectivity index (χ0n) is 16.6. The number of nitrogens with one attached hydrogen (secondary N) is 1. The Labute approximate surface area is 168 Å². The van der Waals surface area contributed by atoms with E-state index in [0.717, 1.165) is 37.0 Å². The molecule has 1 saturated carbocycles. The van der Waals surface area contributed by atoms with E-state index in [1.807, 2.05) is 20.8 Å². The number of rotatable bonds is 7. The van der Waals surface area contributed by atoms with Gasteiger partial charge in [-0.05, 0) is 44.2 Å². The molecule has 0 aromatic carbocycles. The number of carbonyl (C=O) groups excluding carboxylic acids is 2. The van der Waals surface area contributed by atoms with Crippen molar-refractivity contribution in [2.45, 2.75) is 77.6 Å². The van der Waals surface area contributed by atoms with Crippen molar-refractivity contribution in [3.63, 3.8) is 0 Å². The van der Waals surface area contributed by atoms with Gasteiger partial charge in [0, 0.05) is 22.3 Å². The summed E-state index contributed by atoms with van der Waals surface area (Å²) >= 11 is 1.25. The SMILES string of the molecule is Cc1ccc([C@@H](C(=O)NC2CCCCC2)N(CCC(C)C)C(=O)C(F)(F)F)s1. The molecule has 2 amide bonds. The molecule has 0 aliphatic heterocycles. The van der Waals surface area contributed by atoms with Crippen molar-refractivity contribution < 1.29 is 22.8 Å². The zero-order valence-corrected chi connectivity index (χ0v) is 17.5. The second kappa shape index (κ2) is 9.76. The van der Waals surface area contributed by atoms with Crippen molar-refractivity contribution in [1.29, 1.82) is 0 Å². The minimum Gasteiger partial charge on any atom is -0.351 e. The van der Waals surface area contributed by atoms with Crippen LogP contribution in [0.1, 0.15) is 68.2 Å². The number of nitrogens with zero attached hydrogens (tertiary/aromatic N) is 1. The summed E-state index contributed by atoms with van der Waals surface area (Å²) < 4.78 is 39.9. The summed E-state index contributed by atoms with van der Waals surface area (Å²) in [5.74, 6) is -2.37. The highest BCUT2D eigenvalue weighted by Crippen LogP contribution is 2.32. The fraction of sp³-hybridized carbons (Fsp3) is 0.700. The molecule has 1 aliphatic rings. The predicted octanol–water partition coefficient (Wildman–Crippen LogP) is 4.98. The van der Waals surface area contributed by atoms with Crippen LogP contribution in [0.5, 0.6) is 0 Å². The molecule has 1 atom stereocenters. The van der Waals surface area contributed by atoms with E-state index >= 15 is 0 Å². The highest BCUT2D eigenvalue weighted by molar-refractivity contribution is 7.12. The van der Waals surface area contributed by atoms with Crippen molar-refractivity contribution in [2.75, 3.05) is 6.54 Å². The molecule has 0 unspecified atom stereocenters. The van der Waals surface area contributed by atoms with Gasteiger partial charge < -0.3 is 10.2 Å². The summed E-state index contributed by atoms with van der Waals surface area (Å²) in [6.07, 6.45) is 0.0971. The van der Waals surface area contributed by atoms with Crippen LogP contribution < -0.4 is 5.32 Å². The summed E-state index contributed by atoms with van der Waals surface area (Å²) in [5.41, 5.74) is 0. The van der Waals surface area contributed by atoms with Crippen LogP contribution in [0.15, 0.2) is 12.1 Å². The Kier molecular flexibility index (Phi) is 7.92.